The second-order valence-corrected chi connectivity index (χ2v) is 6.81. The molecule has 1 fully saturated rings. The quantitative estimate of drug-likeness (QED) is 0.836. The van der Waals surface area contributed by atoms with Crippen LogP contribution in [0, 0.1) is 6.92 Å². The van der Waals surface area contributed by atoms with Crippen LogP contribution in [0.15, 0.2) is 24.3 Å². The first kappa shape index (κ1) is 17.8. The number of aromatic nitrogens is 1. The number of benzene rings is 1. The fraction of sp³-hybridized carbons (Fsp3) is 0.474. The van der Waals surface area contributed by atoms with Gasteiger partial charge in [0.05, 0.1) is 5.52 Å². The Balaban J connectivity index is 1.79. The van der Waals surface area contributed by atoms with Crippen molar-refractivity contribution < 1.29 is 4.79 Å². The van der Waals surface area contributed by atoms with Gasteiger partial charge in [-0.2, -0.15) is 0 Å². The van der Waals surface area contributed by atoms with Crippen LogP contribution in [0.2, 0.25) is 5.02 Å². The van der Waals surface area contributed by atoms with E-state index in [0.717, 1.165) is 55.9 Å². The summed E-state index contributed by atoms with van der Waals surface area (Å²) in [5.74, 6) is 0. The highest BCUT2D eigenvalue weighted by molar-refractivity contribution is 6.31. The maximum Gasteiger partial charge on any atom is 0.320 e. The molecule has 0 atom stereocenters. The number of nitrogens with zero attached hydrogens (tertiary/aromatic N) is 4. The zero-order valence-electron chi connectivity index (χ0n) is 15.1. The van der Waals surface area contributed by atoms with Crippen LogP contribution in [0.3, 0.4) is 0 Å². The molecule has 1 aliphatic heterocycles. The lowest BCUT2D eigenvalue weighted by Crippen LogP contribution is -2.53. The number of piperazine rings is 1. The van der Waals surface area contributed by atoms with Crippen LogP contribution in [-0.4, -0.2) is 60.1 Å². The average molecular weight is 361 g/mol. The van der Waals surface area contributed by atoms with Crippen molar-refractivity contribution in [3.8, 4) is 0 Å². The number of anilines is 1. The maximum absolute atomic E-state index is 12.5. The fourth-order valence-electron chi connectivity index (χ4n) is 3.41. The van der Waals surface area contributed by atoms with Gasteiger partial charge in [0.25, 0.3) is 0 Å². The zero-order valence-corrected chi connectivity index (χ0v) is 15.9. The van der Waals surface area contributed by atoms with Crippen LogP contribution < -0.4 is 4.90 Å². The molecule has 1 aromatic heterocycles. The minimum atomic E-state index is 0.146. The topological polar surface area (TPSA) is 39.7 Å². The van der Waals surface area contributed by atoms with Gasteiger partial charge in [-0.1, -0.05) is 11.6 Å². The van der Waals surface area contributed by atoms with Crippen molar-refractivity contribution in [3.05, 3.63) is 35.0 Å². The van der Waals surface area contributed by atoms with Gasteiger partial charge in [-0.3, -0.25) is 4.98 Å². The van der Waals surface area contributed by atoms with E-state index in [1.807, 2.05) is 48.8 Å². The molecular weight excluding hydrogens is 336 g/mol. The second kappa shape index (κ2) is 7.48. The second-order valence-electron chi connectivity index (χ2n) is 6.37. The molecule has 0 bridgehead atoms. The van der Waals surface area contributed by atoms with Crippen molar-refractivity contribution in [3.63, 3.8) is 0 Å². The van der Waals surface area contributed by atoms with Crippen molar-refractivity contribution in [2.45, 2.75) is 20.8 Å². The van der Waals surface area contributed by atoms with Crippen molar-refractivity contribution >= 4 is 34.2 Å². The number of carbonyl (C=O) groups excluding carboxylic acids is 1. The lowest BCUT2D eigenvalue weighted by molar-refractivity contribution is 0.154. The number of pyridine rings is 1. The summed E-state index contributed by atoms with van der Waals surface area (Å²) >= 11 is 6.12. The van der Waals surface area contributed by atoms with Gasteiger partial charge < -0.3 is 14.7 Å². The van der Waals surface area contributed by atoms with Crippen LogP contribution in [0.25, 0.3) is 10.9 Å². The number of aryl methyl sites for hydroxylation is 1. The molecule has 0 N–H and O–H groups in total. The van der Waals surface area contributed by atoms with E-state index in [4.69, 9.17) is 11.6 Å². The van der Waals surface area contributed by atoms with Gasteiger partial charge in [-0.05, 0) is 45.0 Å². The summed E-state index contributed by atoms with van der Waals surface area (Å²) in [6, 6.07) is 8.12. The Morgan fingerprint density at radius 3 is 2.48 bits per heavy atom. The molecule has 0 unspecified atom stereocenters. The van der Waals surface area contributed by atoms with Gasteiger partial charge in [-0.25, -0.2) is 4.79 Å². The van der Waals surface area contributed by atoms with Crippen LogP contribution in [0.4, 0.5) is 10.5 Å². The third-order valence-corrected chi connectivity index (χ3v) is 5.04. The highest BCUT2D eigenvalue weighted by Gasteiger charge is 2.25. The highest BCUT2D eigenvalue weighted by Crippen LogP contribution is 2.29. The molecule has 5 nitrogen and oxygen atoms in total. The maximum atomic E-state index is 12.5. The molecule has 2 aromatic rings. The van der Waals surface area contributed by atoms with Crippen molar-refractivity contribution in [2.24, 2.45) is 0 Å². The number of fused-ring (bicyclic) bond motifs is 1. The first-order valence-corrected chi connectivity index (χ1v) is 9.27. The minimum Gasteiger partial charge on any atom is -0.367 e. The number of halogens is 1. The van der Waals surface area contributed by atoms with Crippen LogP contribution in [0.5, 0.6) is 0 Å². The smallest absolute Gasteiger partial charge is 0.320 e. The normalized spacial score (nSPS) is 14.9. The van der Waals surface area contributed by atoms with E-state index in [1.165, 1.54) is 5.69 Å². The van der Waals surface area contributed by atoms with Gasteiger partial charge in [0.15, 0.2) is 0 Å². The van der Waals surface area contributed by atoms with E-state index >= 15 is 0 Å². The number of hydrogen-bond donors (Lipinski definition) is 0. The van der Waals surface area contributed by atoms with Crippen LogP contribution >= 0.6 is 11.6 Å². The van der Waals surface area contributed by atoms with Crippen molar-refractivity contribution in [1.29, 1.82) is 0 Å². The summed E-state index contributed by atoms with van der Waals surface area (Å²) in [5.41, 5.74) is 3.07. The molecule has 3 rings (SSSR count). The molecular formula is C19H25ClN4O. The summed E-state index contributed by atoms with van der Waals surface area (Å²) in [7, 11) is 0. The Hall–Kier alpha value is -2.01. The first-order chi connectivity index (χ1) is 12.0. The van der Waals surface area contributed by atoms with Crippen molar-refractivity contribution in [2.75, 3.05) is 44.2 Å². The predicted octanol–water partition coefficient (Wildman–Crippen LogP) is 3.78. The monoisotopic (exact) mass is 360 g/mol. The molecule has 0 spiro atoms. The molecule has 134 valence electrons. The van der Waals surface area contributed by atoms with E-state index in [9.17, 15) is 4.79 Å². The van der Waals surface area contributed by atoms with E-state index in [1.54, 1.807) is 0 Å². The molecule has 2 amide bonds. The summed E-state index contributed by atoms with van der Waals surface area (Å²) < 4.78 is 0. The molecule has 1 aromatic carbocycles. The standard InChI is InChI=1S/C19H25ClN4O/c1-4-22(5-2)19(25)24-10-8-23(9-11-24)18-12-14(3)21-17-13-15(20)6-7-16(17)18/h6-7,12-13H,4-5,8-11H2,1-3H3. The van der Waals surface area contributed by atoms with E-state index in [0.29, 0.717) is 5.02 Å². The molecule has 0 radical (unpaired) electrons. The minimum absolute atomic E-state index is 0.146. The van der Waals surface area contributed by atoms with Gasteiger partial charge in [0.1, 0.15) is 0 Å². The number of amides is 2. The summed E-state index contributed by atoms with van der Waals surface area (Å²) in [4.78, 5) is 23.3. The van der Waals surface area contributed by atoms with Gasteiger partial charge in [-0.15, -0.1) is 0 Å². The van der Waals surface area contributed by atoms with Crippen molar-refractivity contribution in [1.82, 2.24) is 14.8 Å². The number of rotatable bonds is 3. The number of hydrogen-bond acceptors (Lipinski definition) is 3. The van der Waals surface area contributed by atoms with E-state index < -0.39 is 0 Å². The average Bonchev–Trinajstić information content (AvgIpc) is 2.61. The van der Waals surface area contributed by atoms with Gasteiger partial charge in [0.2, 0.25) is 0 Å². The Morgan fingerprint density at radius 1 is 1.16 bits per heavy atom. The molecule has 0 saturated carbocycles. The molecule has 1 aliphatic rings. The third kappa shape index (κ3) is 3.66. The summed E-state index contributed by atoms with van der Waals surface area (Å²) in [6.45, 7) is 10.7. The number of urea groups is 1. The predicted molar refractivity (Wildman–Crippen MR) is 104 cm³/mol. The third-order valence-electron chi connectivity index (χ3n) is 4.80. The Kier molecular flexibility index (Phi) is 5.33. The molecule has 2 heterocycles. The Morgan fingerprint density at radius 2 is 1.84 bits per heavy atom. The Labute approximate surface area is 154 Å². The molecule has 6 heteroatoms. The van der Waals surface area contributed by atoms with Crippen LogP contribution in [0.1, 0.15) is 19.5 Å². The largest absolute Gasteiger partial charge is 0.367 e. The number of carbonyl (C=O) groups is 1. The molecule has 25 heavy (non-hydrogen) atoms. The van der Waals surface area contributed by atoms with E-state index in [-0.39, 0.29) is 6.03 Å². The lowest BCUT2D eigenvalue weighted by Gasteiger charge is -2.38. The van der Waals surface area contributed by atoms with Gasteiger partial charge >= 0.3 is 6.03 Å². The van der Waals surface area contributed by atoms with Gasteiger partial charge in [0, 0.05) is 61.1 Å². The SMILES string of the molecule is CCN(CC)C(=O)N1CCN(c2cc(C)nc3cc(Cl)ccc23)CC1. The lowest BCUT2D eigenvalue weighted by atomic mass is 10.1. The zero-order chi connectivity index (χ0) is 18.0. The highest BCUT2D eigenvalue weighted by atomic mass is 35.5. The molecule has 1 saturated heterocycles. The fourth-order valence-corrected chi connectivity index (χ4v) is 3.57. The van der Waals surface area contributed by atoms with E-state index in [2.05, 4.69) is 16.0 Å². The summed E-state index contributed by atoms with van der Waals surface area (Å²) in [5, 5.41) is 1.81. The van der Waals surface area contributed by atoms with Crippen LogP contribution in [-0.2, 0) is 0 Å². The summed E-state index contributed by atoms with van der Waals surface area (Å²) in [6.07, 6.45) is 0. The molecule has 0 aliphatic carbocycles. The first-order valence-electron chi connectivity index (χ1n) is 8.89. The Bertz CT molecular complexity index is 762.